The first kappa shape index (κ1) is 9.12. The van der Waals surface area contributed by atoms with Crippen LogP contribution in [0, 0.1) is 0 Å². The minimum atomic E-state index is -3.04. The smallest absolute Gasteiger partial charge is 0.286 e. The first-order valence-electron chi connectivity index (χ1n) is 3.04. The highest BCUT2D eigenvalue weighted by atomic mass is 35.5. The molecule has 6 heteroatoms. The molecule has 0 aromatic carbocycles. The van der Waals surface area contributed by atoms with Gasteiger partial charge in [-0.1, -0.05) is 11.6 Å². The molecule has 1 heterocycles. The molecule has 66 valence electrons. The highest BCUT2D eigenvalue weighted by Gasteiger charge is 2.23. The second-order valence-electron chi connectivity index (χ2n) is 2.13. The van der Waals surface area contributed by atoms with Gasteiger partial charge in [0.05, 0.1) is 11.2 Å². The summed E-state index contributed by atoms with van der Waals surface area (Å²) < 4.78 is 24.8. The first-order valence-corrected chi connectivity index (χ1v) is 3.41. The summed E-state index contributed by atoms with van der Waals surface area (Å²) in [5.74, 6) is -1.31. The molecule has 0 aliphatic carbocycles. The quantitative estimate of drug-likeness (QED) is 0.669. The van der Waals surface area contributed by atoms with Gasteiger partial charge in [0.15, 0.2) is 0 Å². The van der Waals surface area contributed by atoms with Crippen molar-refractivity contribution in [2.75, 3.05) is 0 Å². The molecule has 0 unspecified atom stereocenters. The molecule has 12 heavy (non-hydrogen) atoms. The zero-order valence-corrected chi connectivity index (χ0v) is 6.85. The number of hydrogen-bond acceptors (Lipinski definition) is 2. The van der Waals surface area contributed by atoms with Crippen LogP contribution in [0.5, 0.6) is 0 Å². The fourth-order valence-electron chi connectivity index (χ4n) is 0.791. The topological polar surface area (TPSA) is 34.9 Å². The van der Waals surface area contributed by atoms with Crippen LogP contribution in [-0.2, 0) is 7.05 Å². The Morgan fingerprint density at radius 2 is 2.33 bits per heavy atom. The van der Waals surface area contributed by atoms with Gasteiger partial charge in [-0.15, -0.1) is 0 Å². The molecule has 0 radical (unpaired) electrons. The molecular formula is C6H5ClF2N2O. The van der Waals surface area contributed by atoms with Crippen molar-refractivity contribution in [1.29, 1.82) is 0 Å². The third-order valence-corrected chi connectivity index (χ3v) is 1.60. The molecule has 0 saturated heterocycles. The summed E-state index contributed by atoms with van der Waals surface area (Å²) in [5.41, 5.74) is -0.258. The highest BCUT2D eigenvalue weighted by molar-refractivity contribution is 6.33. The highest BCUT2D eigenvalue weighted by Crippen LogP contribution is 2.17. The maximum atomic E-state index is 11.9. The molecule has 0 N–H and O–H groups in total. The van der Waals surface area contributed by atoms with Crippen molar-refractivity contribution in [2.24, 2.45) is 7.05 Å². The van der Waals surface area contributed by atoms with E-state index in [9.17, 15) is 13.6 Å². The van der Waals surface area contributed by atoms with Crippen molar-refractivity contribution < 1.29 is 13.6 Å². The number of aromatic nitrogens is 2. The molecule has 3 nitrogen and oxygen atoms in total. The van der Waals surface area contributed by atoms with Crippen LogP contribution in [0.1, 0.15) is 10.5 Å². The Hall–Kier alpha value is -0.970. The van der Waals surface area contributed by atoms with Gasteiger partial charge in [0.25, 0.3) is 0 Å². The maximum Gasteiger partial charge on any atom is 0.302 e. The minimum Gasteiger partial charge on any atom is -0.286 e. The Morgan fingerprint density at radius 1 is 1.75 bits per heavy atom. The fourth-order valence-corrected chi connectivity index (χ4v) is 1.05. The standard InChI is InChI=1S/C6H5ClF2N2O/c1-11-4(3(7)2-10-11)5(12)6(8)9/h2,6H,1H3. The number of ketones is 1. The molecule has 1 rings (SSSR count). The van der Waals surface area contributed by atoms with E-state index < -0.39 is 12.2 Å². The zero-order chi connectivity index (χ0) is 9.30. The van der Waals surface area contributed by atoms with Crippen LogP contribution >= 0.6 is 11.6 Å². The number of nitrogens with zero attached hydrogens (tertiary/aromatic N) is 2. The lowest BCUT2D eigenvalue weighted by Gasteiger charge is -1.99. The monoisotopic (exact) mass is 194 g/mol. The van der Waals surface area contributed by atoms with Gasteiger partial charge < -0.3 is 0 Å². The summed E-state index contributed by atoms with van der Waals surface area (Å²) in [6, 6.07) is 0. The van der Waals surface area contributed by atoms with Crippen LogP contribution in [0.25, 0.3) is 0 Å². The summed E-state index contributed by atoms with van der Waals surface area (Å²) in [6.07, 6.45) is -1.89. The summed E-state index contributed by atoms with van der Waals surface area (Å²) >= 11 is 5.45. The first-order chi connectivity index (χ1) is 5.54. The Balaban J connectivity index is 3.09. The number of carbonyl (C=O) groups excluding carboxylic acids is 1. The second-order valence-corrected chi connectivity index (χ2v) is 2.54. The number of Topliss-reactive ketones (excluding diaryl/α,β-unsaturated/α-hetero) is 1. The summed E-state index contributed by atoms with van der Waals surface area (Å²) in [7, 11) is 1.38. The predicted octanol–water partition coefficient (Wildman–Crippen LogP) is 1.52. The van der Waals surface area contributed by atoms with Gasteiger partial charge in [0, 0.05) is 7.05 Å². The fraction of sp³-hybridized carbons (Fsp3) is 0.333. The van der Waals surface area contributed by atoms with Crippen molar-refractivity contribution in [3.8, 4) is 0 Å². The second kappa shape index (κ2) is 3.18. The van der Waals surface area contributed by atoms with Crippen molar-refractivity contribution >= 4 is 17.4 Å². The van der Waals surface area contributed by atoms with Gasteiger partial charge in [0.1, 0.15) is 5.69 Å². The SMILES string of the molecule is Cn1ncc(Cl)c1C(=O)C(F)F. The van der Waals surface area contributed by atoms with Crippen molar-refractivity contribution in [3.63, 3.8) is 0 Å². The number of rotatable bonds is 2. The Labute approximate surface area is 71.9 Å². The number of alkyl halides is 2. The maximum absolute atomic E-state index is 11.9. The molecule has 0 aliphatic rings. The molecule has 0 fully saturated rings. The van der Waals surface area contributed by atoms with Gasteiger partial charge in [-0.3, -0.25) is 9.48 Å². The predicted molar refractivity (Wildman–Crippen MR) is 38.6 cm³/mol. The van der Waals surface area contributed by atoms with E-state index >= 15 is 0 Å². The largest absolute Gasteiger partial charge is 0.302 e. The molecular weight excluding hydrogens is 190 g/mol. The zero-order valence-electron chi connectivity index (χ0n) is 6.09. The Bertz CT molecular complexity index is 291. The number of hydrogen-bond donors (Lipinski definition) is 0. The van der Waals surface area contributed by atoms with E-state index in [4.69, 9.17) is 11.6 Å². The molecule has 0 amide bonds. The van der Waals surface area contributed by atoms with Gasteiger partial charge in [0.2, 0.25) is 5.78 Å². The van der Waals surface area contributed by atoms with E-state index in [-0.39, 0.29) is 10.7 Å². The average Bonchev–Trinajstić information content (AvgIpc) is 2.30. The molecule has 0 bridgehead atoms. The number of carbonyl (C=O) groups is 1. The van der Waals surface area contributed by atoms with E-state index in [0.29, 0.717) is 0 Å². The molecule has 0 saturated carbocycles. The molecule has 0 aliphatic heterocycles. The normalized spacial score (nSPS) is 10.8. The minimum absolute atomic E-state index is 0.0530. The van der Waals surface area contributed by atoms with Crippen molar-refractivity contribution in [1.82, 2.24) is 9.78 Å². The van der Waals surface area contributed by atoms with Crippen LogP contribution in [0.2, 0.25) is 5.02 Å². The molecule has 0 spiro atoms. The summed E-state index contributed by atoms with van der Waals surface area (Å²) in [4.78, 5) is 10.8. The van der Waals surface area contributed by atoms with E-state index in [1.54, 1.807) is 0 Å². The van der Waals surface area contributed by atoms with E-state index in [2.05, 4.69) is 5.10 Å². The lowest BCUT2D eigenvalue weighted by atomic mass is 10.3. The third kappa shape index (κ3) is 1.45. The van der Waals surface area contributed by atoms with Crippen LogP contribution in [0.3, 0.4) is 0 Å². The van der Waals surface area contributed by atoms with Crippen LogP contribution in [0.15, 0.2) is 6.20 Å². The van der Waals surface area contributed by atoms with Crippen LogP contribution in [-0.4, -0.2) is 22.0 Å². The van der Waals surface area contributed by atoms with Gasteiger partial charge in [-0.2, -0.15) is 5.10 Å². The lowest BCUT2D eigenvalue weighted by Crippen LogP contribution is -2.15. The van der Waals surface area contributed by atoms with Crippen LogP contribution in [0.4, 0.5) is 8.78 Å². The molecule has 1 aromatic heterocycles. The molecule has 1 aromatic rings. The number of halogens is 3. The summed E-state index contributed by atoms with van der Waals surface area (Å²) in [5, 5.41) is 3.50. The Kier molecular flexibility index (Phi) is 2.42. The lowest BCUT2D eigenvalue weighted by molar-refractivity contribution is 0.0668. The van der Waals surface area contributed by atoms with Crippen LogP contribution < -0.4 is 0 Å². The van der Waals surface area contributed by atoms with Gasteiger partial charge in [-0.25, -0.2) is 8.78 Å². The van der Waals surface area contributed by atoms with E-state index in [1.807, 2.05) is 0 Å². The van der Waals surface area contributed by atoms with E-state index in [1.165, 1.54) is 7.05 Å². The molecule has 0 atom stereocenters. The number of aryl methyl sites for hydroxylation is 1. The average molecular weight is 195 g/mol. The Morgan fingerprint density at radius 3 is 2.67 bits per heavy atom. The van der Waals surface area contributed by atoms with Gasteiger partial charge in [-0.05, 0) is 0 Å². The van der Waals surface area contributed by atoms with Crippen molar-refractivity contribution in [3.05, 3.63) is 16.9 Å². The van der Waals surface area contributed by atoms with E-state index in [0.717, 1.165) is 10.9 Å². The van der Waals surface area contributed by atoms with Crippen molar-refractivity contribution in [2.45, 2.75) is 6.43 Å². The third-order valence-electron chi connectivity index (χ3n) is 1.33. The summed E-state index contributed by atoms with van der Waals surface area (Å²) in [6.45, 7) is 0. The van der Waals surface area contributed by atoms with Gasteiger partial charge >= 0.3 is 6.43 Å².